The fraction of sp³-hybridized carbons (Fsp3) is 0.571. The van der Waals surface area contributed by atoms with E-state index in [1.807, 2.05) is 11.0 Å². The number of rotatable bonds is 4. The molecule has 7 heteroatoms. The number of carbonyl (C=O) groups excluding carboxylic acids is 1. The van der Waals surface area contributed by atoms with Crippen LogP contribution in [0.2, 0.25) is 0 Å². The summed E-state index contributed by atoms with van der Waals surface area (Å²) >= 11 is 3.37. The summed E-state index contributed by atoms with van der Waals surface area (Å²) in [6, 6.07) is 2.20. The van der Waals surface area contributed by atoms with Crippen molar-refractivity contribution in [1.82, 2.24) is 15.2 Å². The van der Waals surface area contributed by atoms with Crippen molar-refractivity contribution in [2.45, 2.75) is 32.2 Å². The molecule has 0 bridgehead atoms. The minimum absolute atomic E-state index is 0. The SMILES string of the molecule is CCCN(C(=O)c1cncc(Br)c1)C1CCNCC1.Cl.Cl. The predicted octanol–water partition coefficient (Wildman–Crippen LogP) is 3.29. The molecule has 1 aliphatic heterocycles. The number of piperidine rings is 1. The van der Waals surface area contributed by atoms with Crippen molar-refractivity contribution in [3.05, 3.63) is 28.5 Å². The smallest absolute Gasteiger partial charge is 0.255 e. The molecule has 2 heterocycles. The third-order valence-corrected chi connectivity index (χ3v) is 3.86. The minimum Gasteiger partial charge on any atom is -0.336 e. The molecule has 2 rings (SSSR count). The molecule has 0 saturated carbocycles. The summed E-state index contributed by atoms with van der Waals surface area (Å²) in [5, 5.41) is 3.34. The van der Waals surface area contributed by atoms with Crippen LogP contribution in [0.25, 0.3) is 0 Å². The first-order valence-electron chi connectivity index (χ1n) is 6.84. The molecule has 1 fully saturated rings. The summed E-state index contributed by atoms with van der Waals surface area (Å²) in [4.78, 5) is 18.7. The van der Waals surface area contributed by atoms with Crippen molar-refractivity contribution in [3.63, 3.8) is 0 Å². The molecule has 4 nitrogen and oxygen atoms in total. The van der Waals surface area contributed by atoms with Crippen LogP contribution in [-0.4, -0.2) is 41.5 Å². The molecule has 21 heavy (non-hydrogen) atoms. The van der Waals surface area contributed by atoms with Gasteiger partial charge >= 0.3 is 0 Å². The van der Waals surface area contributed by atoms with Gasteiger partial charge in [0.05, 0.1) is 5.56 Å². The van der Waals surface area contributed by atoms with E-state index in [0.717, 1.165) is 43.4 Å². The van der Waals surface area contributed by atoms with Gasteiger partial charge in [-0.05, 0) is 54.3 Å². The zero-order chi connectivity index (χ0) is 13.7. The van der Waals surface area contributed by atoms with E-state index in [1.54, 1.807) is 12.4 Å². The van der Waals surface area contributed by atoms with E-state index < -0.39 is 0 Å². The molecular formula is C14H22BrCl2N3O. The minimum atomic E-state index is 0. The molecule has 0 spiro atoms. The van der Waals surface area contributed by atoms with Crippen molar-refractivity contribution in [1.29, 1.82) is 0 Å². The lowest BCUT2D eigenvalue weighted by molar-refractivity contribution is 0.0642. The Labute approximate surface area is 147 Å². The second-order valence-electron chi connectivity index (χ2n) is 4.87. The first kappa shape index (κ1) is 20.6. The Morgan fingerprint density at radius 1 is 1.38 bits per heavy atom. The average molecular weight is 399 g/mol. The number of pyridine rings is 1. The number of nitrogens with zero attached hydrogens (tertiary/aromatic N) is 2. The van der Waals surface area contributed by atoms with Gasteiger partial charge in [-0.1, -0.05) is 6.92 Å². The van der Waals surface area contributed by atoms with Crippen molar-refractivity contribution < 1.29 is 4.79 Å². The second kappa shape index (κ2) is 10.4. The van der Waals surface area contributed by atoms with Crippen LogP contribution in [0.1, 0.15) is 36.5 Å². The van der Waals surface area contributed by atoms with Gasteiger partial charge in [0, 0.05) is 29.5 Å². The van der Waals surface area contributed by atoms with E-state index >= 15 is 0 Å². The van der Waals surface area contributed by atoms with Gasteiger partial charge < -0.3 is 10.2 Å². The molecule has 0 unspecified atom stereocenters. The Balaban J connectivity index is 0.00000200. The van der Waals surface area contributed by atoms with Gasteiger partial charge in [-0.25, -0.2) is 0 Å². The molecule has 0 radical (unpaired) electrons. The van der Waals surface area contributed by atoms with Gasteiger partial charge in [0.25, 0.3) is 5.91 Å². The number of carbonyl (C=O) groups is 1. The zero-order valence-electron chi connectivity index (χ0n) is 12.0. The van der Waals surface area contributed by atoms with Crippen LogP contribution in [0.3, 0.4) is 0 Å². The van der Waals surface area contributed by atoms with Crippen LogP contribution >= 0.6 is 40.7 Å². The molecule has 1 saturated heterocycles. The number of hydrogen-bond donors (Lipinski definition) is 1. The Morgan fingerprint density at radius 2 is 2.05 bits per heavy atom. The summed E-state index contributed by atoms with van der Waals surface area (Å²) < 4.78 is 0.847. The number of hydrogen-bond acceptors (Lipinski definition) is 3. The van der Waals surface area contributed by atoms with Gasteiger partial charge in [0.1, 0.15) is 0 Å². The molecule has 0 aliphatic carbocycles. The van der Waals surface area contributed by atoms with E-state index in [2.05, 4.69) is 33.2 Å². The molecule has 1 aromatic rings. The van der Waals surface area contributed by atoms with Crippen LogP contribution < -0.4 is 5.32 Å². The highest BCUT2D eigenvalue weighted by molar-refractivity contribution is 9.10. The summed E-state index contributed by atoms with van der Waals surface area (Å²) in [7, 11) is 0. The third kappa shape index (κ3) is 5.74. The largest absolute Gasteiger partial charge is 0.336 e. The average Bonchev–Trinajstić information content (AvgIpc) is 2.45. The van der Waals surface area contributed by atoms with Crippen molar-refractivity contribution in [2.75, 3.05) is 19.6 Å². The maximum atomic E-state index is 12.6. The number of amides is 1. The Bertz CT molecular complexity index is 442. The van der Waals surface area contributed by atoms with Crippen LogP contribution in [0, 0.1) is 0 Å². The van der Waals surface area contributed by atoms with E-state index in [0.29, 0.717) is 11.6 Å². The van der Waals surface area contributed by atoms with Gasteiger partial charge in [-0.15, -0.1) is 24.8 Å². The van der Waals surface area contributed by atoms with E-state index in [-0.39, 0.29) is 30.7 Å². The summed E-state index contributed by atoms with van der Waals surface area (Å²) in [6.45, 7) is 4.92. The predicted molar refractivity (Wildman–Crippen MR) is 93.7 cm³/mol. The standard InChI is InChI=1S/C14H20BrN3O.2ClH/c1-2-7-18(13-3-5-16-6-4-13)14(19)11-8-12(15)10-17-9-11;;/h8-10,13,16H,2-7H2,1H3;2*1H. The third-order valence-electron chi connectivity index (χ3n) is 3.43. The zero-order valence-corrected chi connectivity index (χ0v) is 15.3. The highest BCUT2D eigenvalue weighted by atomic mass is 79.9. The fourth-order valence-corrected chi connectivity index (χ4v) is 2.87. The lowest BCUT2D eigenvalue weighted by Gasteiger charge is -2.34. The fourth-order valence-electron chi connectivity index (χ4n) is 2.50. The maximum Gasteiger partial charge on any atom is 0.255 e. The normalized spacial score (nSPS) is 14.8. The lowest BCUT2D eigenvalue weighted by atomic mass is 10.0. The van der Waals surface area contributed by atoms with Crippen LogP contribution in [0.5, 0.6) is 0 Å². The lowest BCUT2D eigenvalue weighted by Crippen LogP contribution is -2.46. The van der Waals surface area contributed by atoms with Gasteiger partial charge in [0.2, 0.25) is 0 Å². The highest BCUT2D eigenvalue weighted by Gasteiger charge is 2.25. The molecule has 1 N–H and O–H groups in total. The van der Waals surface area contributed by atoms with Crippen molar-refractivity contribution >= 4 is 46.7 Å². The molecular weight excluding hydrogens is 377 g/mol. The number of halogens is 3. The Morgan fingerprint density at radius 3 is 2.62 bits per heavy atom. The molecule has 1 aromatic heterocycles. The van der Waals surface area contributed by atoms with Crippen LogP contribution in [0.15, 0.2) is 22.9 Å². The first-order chi connectivity index (χ1) is 9.22. The second-order valence-corrected chi connectivity index (χ2v) is 5.79. The molecule has 120 valence electrons. The van der Waals surface area contributed by atoms with E-state index in [9.17, 15) is 4.79 Å². The van der Waals surface area contributed by atoms with Gasteiger partial charge in [-0.3, -0.25) is 9.78 Å². The summed E-state index contributed by atoms with van der Waals surface area (Å²) in [5.74, 6) is 0.0996. The van der Waals surface area contributed by atoms with Gasteiger partial charge in [0.15, 0.2) is 0 Å². The Kier molecular flexibility index (Phi) is 10.2. The van der Waals surface area contributed by atoms with Crippen LogP contribution in [0.4, 0.5) is 0 Å². The van der Waals surface area contributed by atoms with Crippen molar-refractivity contribution in [2.24, 2.45) is 0 Å². The summed E-state index contributed by atoms with van der Waals surface area (Å²) in [5.41, 5.74) is 0.668. The Hall–Kier alpha value is -0.360. The van der Waals surface area contributed by atoms with Crippen molar-refractivity contribution in [3.8, 4) is 0 Å². The summed E-state index contributed by atoms with van der Waals surface area (Å²) in [6.07, 6.45) is 6.40. The molecule has 0 atom stereocenters. The number of nitrogens with one attached hydrogen (secondary N) is 1. The van der Waals surface area contributed by atoms with Gasteiger partial charge in [-0.2, -0.15) is 0 Å². The first-order valence-corrected chi connectivity index (χ1v) is 7.64. The molecule has 1 aliphatic rings. The number of aromatic nitrogens is 1. The van der Waals surface area contributed by atoms with E-state index in [4.69, 9.17) is 0 Å². The van der Waals surface area contributed by atoms with Crippen LogP contribution in [-0.2, 0) is 0 Å². The highest BCUT2D eigenvalue weighted by Crippen LogP contribution is 2.18. The monoisotopic (exact) mass is 397 g/mol. The van der Waals surface area contributed by atoms with E-state index in [1.165, 1.54) is 0 Å². The molecule has 0 aromatic carbocycles. The maximum absolute atomic E-state index is 12.6. The topological polar surface area (TPSA) is 45.2 Å². The molecule has 1 amide bonds. The quantitative estimate of drug-likeness (QED) is 0.846.